The number of rotatable bonds is 5. The Bertz CT molecular complexity index is 375. The summed E-state index contributed by atoms with van der Waals surface area (Å²) in [4.78, 5) is 25.8. The van der Waals surface area contributed by atoms with Crippen LogP contribution in [0, 0.1) is 11.3 Å². The summed E-state index contributed by atoms with van der Waals surface area (Å²) in [6, 6.07) is 0.152. The number of amides is 2. The van der Waals surface area contributed by atoms with Crippen molar-refractivity contribution in [2.24, 2.45) is 11.3 Å². The predicted octanol–water partition coefficient (Wildman–Crippen LogP) is 0.912. The Hall–Kier alpha value is -1.10. The van der Waals surface area contributed by atoms with E-state index in [9.17, 15) is 14.7 Å². The van der Waals surface area contributed by atoms with Gasteiger partial charge in [-0.3, -0.25) is 9.59 Å². The van der Waals surface area contributed by atoms with Crippen LogP contribution in [0.15, 0.2) is 0 Å². The van der Waals surface area contributed by atoms with Crippen molar-refractivity contribution in [1.29, 1.82) is 0 Å². The van der Waals surface area contributed by atoms with Gasteiger partial charge in [0, 0.05) is 31.0 Å². The van der Waals surface area contributed by atoms with Crippen LogP contribution in [0.5, 0.6) is 0 Å². The predicted molar refractivity (Wildman–Crippen MR) is 76.0 cm³/mol. The van der Waals surface area contributed by atoms with Crippen LogP contribution in [0.4, 0.5) is 0 Å². The molecule has 0 aromatic rings. The Balaban J connectivity index is 1.85. The molecule has 20 heavy (non-hydrogen) atoms. The molecule has 0 spiro atoms. The zero-order valence-electron chi connectivity index (χ0n) is 12.5. The van der Waals surface area contributed by atoms with Crippen LogP contribution >= 0.6 is 0 Å². The number of nitrogens with one attached hydrogen (secondary N) is 1. The molecular formula is C15H26N2O3. The molecule has 0 aromatic heterocycles. The third-order valence-corrected chi connectivity index (χ3v) is 4.79. The highest BCUT2D eigenvalue weighted by atomic mass is 16.3. The minimum atomic E-state index is -0.234. The van der Waals surface area contributed by atoms with E-state index in [1.807, 2.05) is 13.8 Å². The van der Waals surface area contributed by atoms with E-state index >= 15 is 0 Å². The van der Waals surface area contributed by atoms with Gasteiger partial charge in [-0.15, -0.1) is 0 Å². The molecule has 1 heterocycles. The molecule has 2 amide bonds. The minimum Gasteiger partial charge on any atom is -0.396 e. The zero-order valence-corrected chi connectivity index (χ0v) is 12.5. The van der Waals surface area contributed by atoms with Gasteiger partial charge in [0.15, 0.2) is 0 Å². The molecule has 1 unspecified atom stereocenters. The standard InChI is InChI=1S/C15H26N2O3/c1-11(2)17-8-12(7-13(17)19)14(20)16-9-15(10-18)5-3-4-6-15/h11-12,18H,3-10H2,1-2H3,(H,16,20). The Kier molecular flexibility index (Phi) is 4.68. The van der Waals surface area contributed by atoms with Gasteiger partial charge in [0.25, 0.3) is 0 Å². The number of nitrogens with zero attached hydrogens (tertiary/aromatic N) is 1. The normalized spacial score (nSPS) is 25.5. The molecule has 1 aliphatic heterocycles. The van der Waals surface area contributed by atoms with Crippen LogP contribution in [0.2, 0.25) is 0 Å². The molecule has 0 radical (unpaired) electrons. The van der Waals surface area contributed by atoms with Crippen molar-refractivity contribution < 1.29 is 14.7 Å². The van der Waals surface area contributed by atoms with Crippen LogP contribution in [0.1, 0.15) is 46.0 Å². The second-order valence-corrected chi connectivity index (χ2v) is 6.62. The van der Waals surface area contributed by atoms with E-state index < -0.39 is 0 Å². The summed E-state index contributed by atoms with van der Waals surface area (Å²) in [5.74, 6) is -0.207. The molecule has 1 saturated carbocycles. The molecule has 114 valence electrons. The van der Waals surface area contributed by atoms with E-state index in [4.69, 9.17) is 0 Å². The summed E-state index contributed by atoms with van der Waals surface area (Å²) < 4.78 is 0. The maximum absolute atomic E-state index is 12.2. The van der Waals surface area contributed by atoms with E-state index in [-0.39, 0.29) is 35.8 Å². The van der Waals surface area contributed by atoms with Gasteiger partial charge in [0.05, 0.1) is 12.5 Å². The molecule has 1 atom stereocenters. The van der Waals surface area contributed by atoms with Gasteiger partial charge in [0.2, 0.25) is 11.8 Å². The van der Waals surface area contributed by atoms with Crippen molar-refractivity contribution in [3.63, 3.8) is 0 Å². The average molecular weight is 282 g/mol. The highest BCUT2D eigenvalue weighted by Crippen LogP contribution is 2.37. The van der Waals surface area contributed by atoms with Crippen molar-refractivity contribution in [3.05, 3.63) is 0 Å². The molecule has 0 bridgehead atoms. The van der Waals surface area contributed by atoms with E-state index in [0.717, 1.165) is 25.7 Å². The van der Waals surface area contributed by atoms with Crippen LogP contribution in [0.3, 0.4) is 0 Å². The molecule has 1 saturated heterocycles. The fraction of sp³-hybridized carbons (Fsp3) is 0.867. The maximum Gasteiger partial charge on any atom is 0.225 e. The molecule has 5 heteroatoms. The summed E-state index contributed by atoms with van der Waals surface area (Å²) in [5.41, 5.74) is -0.129. The molecule has 1 aliphatic carbocycles. The smallest absolute Gasteiger partial charge is 0.225 e. The van der Waals surface area contributed by atoms with Crippen molar-refractivity contribution in [2.75, 3.05) is 19.7 Å². The van der Waals surface area contributed by atoms with Crippen molar-refractivity contribution in [2.45, 2.75) is 52.0 Å². The Morgan fingerprint density at radius 3 is 2.60 bits per heavy atom. The largest absolute Gasteiger partial charge is 0.396 e. The average Bonchev–Trinajstić information content (AvgIpc) is 3.03. The fourth-order valence-corrected chi connectivity index (χ4v) is 3.34. The van der Waals surface area contributed by atoms with Crippen molar-refractivity contribution in [3.8, 4) is 0 Å². The number of aliphatic hydroxyl groups excluding tert-OH is 1. The zero-order chi connectivity index (χ0) is 14.8. The summed E-state index contributed by atoms with van der Waals surface area (Å²) in [6.07, 6.45) is 4.52. The second-order valence-electron chi connectivity index (χ2n) is 6.62. The van der Waals surface area contributed by atoms with Gasteiger partial charge in [-0.1, -0.05) is 12.8 Å². The summed E-state index contributed by atoms with van der Waals surface area (Å²) >= 11 is 0. The number of carbonyl (C=O) groups is 2. The second kappa shape index (κ2) is 6.12. The molecule has 2 rings (SSSR count). The first kappa shape index (κ1) is 15.3. The summed E-state index contributed by atoms with van der Waals surface area (Å²) in [7, 11) is 0. The van der Waals surface area contributed by atoms with Crippen molar-refractivity contribution >= 4 is 11.8 Å². The first-order valence-electron chi connectivity index (χ1n) is 7.65. The lowest BCUT2D eigenvalue weighted by molar-refractivity contribution is -0.130. The lowest BCUT2D eigenvalue weighted by Gasteiger charge is -2.27. The van der Waals surface area contributed by atoms with Gasteiger partial charge >= 0.3 is 0 Å². The molecule has 0 aromatic carbocycles. The number of hydrogen-bond acceptors (Lipinski definition) is 3. The van der Waals surface area contributed by atoms with Gasteiger partial charge in [-0.05, 0) is 26.7 Å². The van der Waals surface area contributed by atoms with E-state index in [1.165, 1.54) is 0 Å². The summed E-state index contributed by atoms with van der Waals surface area (Å²) in [6.45, 7) is 5.13. The lowest BCUT2D eigenvalue weighted by atomic mass is 9.87. The monoisotopic (exact) mass is 282 g/mol. The topological polar surface area (TPSA) is 69.6 Å². The van der Waals surface area contributed by atoms with Gasteiger partial charge in [-0.25, -0.2) is 0 Å². The van der Waals surface area contributed by atoms with E-state index in [1.54, 1.807) is 4.90 Å². The summed E-state index contributed by atoms with van der Waals surface area (Å²) in [5, 5.41) is 12.5. The molecule has 2 aliphatic rings. The fourth-order valence-electron chi connectivity index (χ4n) is 3.34. The van der Waals surface area contributed by atoms with E-state index in [2.05, 4.69) is 5.32 Å². The lowest BCUT2D eigenvalue weighted by Crippen LogP contribution is -2.41. The SMILES string of the molecule is CC(C)N1CC(C(=O)NCC2(CO)CCCC2)CC1=O. The first-order chi connectivity index (χ1) is 9.47. The number of hydrogen-bond donors (Lipinski definition) is 2. The van der Waals surface area contributed by atoms with Crippen LogP contribution in [-0.4, -0.2) is 47.6 Å². The number of likely N-dealkylation sites (tertiary alicyclic amines) is 1. The van der Waals surface area contributed by atoms with Crippen LogP contribution in [-0.2, 0) is 9.59 Å². The highest BCUT2D eigenvalue weighted by molar-refractivity contribution is 5.89. The molecular weight excluding hydrogens is 256 g/mol. The third-order valence-electron chi connectivity index (χ3n) is 4.79. The first-order valence-corrected chi connectivity index (χ1v) is 7.65. The molecule has 5 nitrogen and oxygen atoms in total. The Morgan fingerprint density at radius 1 is 1.45 bits per heavy atom. The van der Waals surface area contributed by atoms with Gasteiger partial charge in [0.1, 0.15) is 0 Å². The minimum absolute atomic E-state index is 0.0405. The third kappa shape index (κ3) is 3.14. The van der Waals surface area contributed by atoms with Crippen LogP contribution < -0.4 is 5.32 Å². The van der Waals surface area contributed by atoms with E-state index in [0.29, 0.717) is 19.5 Å². The Labute approximate surface area is 120 Å². The number of aliphatic hydroxyl groups is 1. The quantitative estimate of drug-likeness (QED) is 0.787. The van der Waals surface area contributed by atoms with Gasteiger partial charge in [-0.2, -0.15) is 0 Å². The molecule has 2 N–H and O–H groups in total. The number of carbonyl (C=O) groups excluding carboxylic acids is 2. The van der Waals surface area contributed by atoms with Crippen LogP contribution in [0.25, 0.3) is 0 Å². The highest BCUT2D eigenvalue weighted by Gasteiger charge is 2.38. The molecule has 2 fully saturated rings. The van der Waals surface area contributed by atoms with Crippen molar-refractivity contribution in [1.82, 2.24) is 10.2 Å². The Morgan fingerprint density at radius 2 is 2.10 bits per heavy atom. The van der Waals surface area contributed by atoms with Gasteiger partial charge < -0.3 is 15.3 Å². The maximum atomic E-state index is 12.2.